The summed E-state index contributed by atoms with van der Waals surface area (Å²) in [7, 11) is 0. The minimum atomic E-state index is -1.04. The molecule has 0 bridgehead atoms. The van der Waals surface area contributed by atoms with Crippen LogP contribution in [-0.2, 0) is 14.3 Å². The van der Waals surface area contributed by atoms with E-state index in [4.69, 9.17) is 14.6 Å². The van der Waals surface area contributed by atoms with Crippen molar-refractivity contribution in [2.24, 2.45) is 0 Å². The molecule has 2 amide bonds. The van der Waals surface area contributed by atoms with Crippen molar-refractivity contribution in [1.82, 2.24) is 10.2 Å². The Morgan fingerprint density at radius 3 is 3.00 bits per heavy atom. The Bertz CT molecular complexity index is 285. The van der Waals surface area contributed by atoms with E-state index in [1.807, 2.05) is 6.92 Å². The fraction of sp³-hybridized carbons (Fsp3) is 0.818. The molecule has 1 aliphatic heterocycles. The van der Waals surface area contributed by atoms with Crippen molar-refractivity contribution in [3.05, 3.63) is 0 Å². The van der Waals surface area contributed by atoms with Gasteiger partial charge in [0.05, 0.1) is 13.2 Å². The van der Waals surface area contributed by atoms with Gasteiger partial charge < -0.3 is 24.8 Å². The molecule has 0 aromatic heterocycles. The molecule has 0 aromatic rings. The number of urea groups is 1. The third-order valence-electron chi connectivity index (χ3n) is 2.62. The molecule has 1 unspecified atom stereocenters. The lowest BCUT2D eigenvalue weighted by atomic mass is 10.2. The van der Waals surface area contributed by atoms with Crippen molar-refractivity contribution in [1.29, 1.82) is 0 Å². The van der Waals surface area contributed by atoms with Gasteiger partial charge in [0.15, 0.2) is 6.04 Å². The van der Waals surface area contributed by atoms with E-state index in [2.05, 4.69) is 5.32 Å². The average Bonchev–Trinajstić information content (AvgIpc) is 2.38. The predicted octanol–water partition coefficient (Wildman–Crippen LogP) is -0.0920. The van der Waals surface area contributed by atoms with E-state index in [0.29, 0.717) is 39.3 Å². The van der Waals surface area contributed by atoms with Crippen LogP contribution in [0.5, 0.6) is 0 Å². The zero-order valence-corrected chi connectivity index (χ0v) is 10.6. The SMILES string of the molecule is CCOCCCNC(=O)N1CCOCC1C(=O)O. The van der Waals surface area contributed by atoms with Gasteiger partial charge in [-0.25, -0.2) is 9.59 Å². The minimum absolute atomic E-state index is 0.0434. The number of ether oxygens (including phenoxy) is 2. The second kappa shape index (κ2) is 7.88. The molecule has 0 spiro atoms. The Labute approximate surface area is 106 Å². The molecular weight excluding hydrogens is 240 g/mol. The van der Waals surface area contributed by atoms with Gasteiger partial charge in [0.25, 0.3) is 0 Å². The minimum Gasteiger partial charge on any atom is -0.480 e. The number of rotatable bonds is 6. The number of morpholine rings is 1. The zero-order valence-electron chi connectivity index (χ0n) is 10.6. The van der Waals surface area contributed by atoms with Gasteiger partial charge in [0.1, 0.15) is 0 Å². The van der Waals surface area contributed by atoms with E-state index in [-0.39, 0.29) is 12.6 Å². The van der Waals surface area contributed by atoms with Gasteiger partial charge in [0, 0.05) is 26.3 Å². The van der Waals surface area contributed by atoms with E-state index in [9.17, 15) is 9.59 Å². The molecule has 1 atom stereocenters. The summed E-state index contributed by atoms with van der Waals surface area (Å²) in [5, 5.41) is 11.7. The first-order valence-corrected chi connectivity index (χ1v) is 6.09. The first-order valence-electron chi connectivity index (χ1n) is 6.09. The predicted molar refractivity (Wildman–Crippen MR) is 63.5 cm³/mol. The monoisotopic (exact) mass is 260 g/mol. The molecule has 1 fully saturated rings. The number of aliphatic carboxylic acids is 1. The number of hydrogen-bond donors (Lipinski definition) is 2. The van der Waals surface area contributed by atoms with Gasteiger partial charge in [-0.15, -0.1) is 0 Å². The normalized spacial score (nSPS) is 19.6. The van der Waals surface area contributed by atoms with Crippen LogP contribution in [0.4, 0.5) is 4.79 Å². The highest BCUT2D eigenvalue weighted by Crippen LogP contribution is 2.07. The molecule has 7 heteroatoms. The lowest BCUT2D eigenvalue weighted by molar-refractivity contribution is -0.147. The topological polar surface area (TPSA) is 88.1 Å². The molecule has 0 aromatic carbocycles. The smallest absolute Gasteiger partial charge is 0.328 e. The van der Waals surface area contributed by atoms with Crippen LogP contribution in [0.3, 0.4) is 0 Å². The molecule has 1 heterocycles. The van der Waals surface area contributed by atoms with Crippen LogP contribution in [0.1, 0.15) is 13.3 Å². The van der Waals surface area contributed by atoms with Gasteiger partial charge in [-0.3, -0.25) is 0 Å². The van der Waals surface area contributed by atoms with Gasteiger partial charge in [-0.05, 0) is 13.3 Å². The van der Waals surface area contributed by atoms with E-state index < -0.39 is 12.0 Å². The Morgan fingerprint density at radius 1 is 1.56 bits per heavy atom. The molecule has 7 nitrogen and oxygen atoms in total. The highest BCUT2D eigenvalue weighted by molar-refractivity contribution is 5.82. The molecule has 0 aliphatic carbocycles. The summed E-state index contributed by atoms with van der Waals surface area (Å²) in [5.41, 5.74) is 0. The van der Waals surface area contributed by atoms with Crippen molar-refractivity contribution in [3.8, 4) is 0 Å². The summed E-state index contributed by atoms with van der Waals surface area (Å²) in [6, 6.07) is -1.26. The standard InChI is InChI=1S/C11H20N2O5/c1-2-17-6-3-4-12-11(16)13-5-7-18-8-9(13)10(14)15/h9H,2-8H2,1H3,(H,12,16)(H,14,15). The van der Waals surface area contributed by atoms with Crippen LogP contribution in [-0.4, -0.2) is 67.6 Å². The largest absolute Gasteiger partial charge is 0.480 e. The van der Waals surface area contributed by atoms with E-state index in [1.165, 1.54) is 4.90 Å². The molecule has 1 rings (SSSR count). The van der Waals surface area contributed by atoms with Crippen LogP contribution in [0.15, 0.2) is 0 Å². The fourth-order valence-electron chi connectivity index (χ4n) is 1.67. The number of nitrogens with one attached hydrogen (secondary N) is 1. The second-order valence-corrected chi connectivity index (χ2v) is 3.90. The number of hydrogen-bond acceptors (Lipinski definition) is 4. The van der Waals surface area contributed by atoms with Crippen molar-refractivity contribution >= 4 is 12.0 Å². The number of carbonyl (C=O) groups is 2. The number of amides is 2. The summed E-state index contributed by atoms with van der Waals surface area (Å²) >= 11 is 0. The van der Waals surface area contributed by atoms with Crippen molar-refractivity contribution in [2.45, 2.75) is 19.4 Å². The van der Waals surface area contributed by atoms with Crippen molar-refractivity contribution in [2.75, 3.05) is 39.5 Å². The van der Waals surface area contributed by atoms with Crippen LogP contribution in [0.25, 0.3) is 0 Å². The first-order chi connectivity index (χ1) is 8.66. The third kappa shape index (κ3) is 4.50. The number of carboxylic acids is 1. The molecule has 0 radical (unpaired) electrons. The van der Waals surface area contributed by atoms with Gasteiger partial charge in [-0.1, -0.05) is 0 Å². The number of nitrogens with zero attached hydrogens (tertiary/aromatic N) is 1. The Kier molecular flexibility index (Phi) is 6.45. The molecule has 1 saturated heterocycles. The number of carbonyl (C=O) groups excluding carboxylic acids is 1. The average molecular weight is 260 g/mol. The van der Waals surface area contributed by atoms with Crippen molar-refractivity contribution in [3.63, 3.8) is 0 Å². The maximum atomic E-state index is 11.8. The molecule has 18 heavy (non-hydrogen) atoms. The quantitative estimate of drug-likeness (QED) is 0.651. The molecule has 0 saturated carbocycles. The third-order valence-corrected chi connectivity index (χ3v) is 2.62. The second-order valence-electron chi connectivity index (χ2n) is 3.90. The van der Waals surface area contributed by atoms with E-state index in [0.717, 1.165) is 0 Å². The van der Waals surface area contributed by atoms with Crippen molar-refractivity contribution < 1.29 is 24.2 Å². The van der Waals surface area contributed by atoms with Crippen LogP contribution >= 0.6 is 0 Å². The Morgan fingerprint density at radius 2 is 2.33 bits per heavy atom. The summed E-state index contributed by atoms with van der Waals surface area (Å²) in [6.45, 7) is 4.33. The van der Waals surface area contributed by atoms with Gasteiger partial charge in [-0.2, -0.15) is 0 Å². The van der Waals surface area contributed by atoms with Gasteiger partial charge >= 0.3 is 12.0 Å². The lowest BCUT2D eigenvalue weighted by Gasteiger charge is -2.32. The lowest BCUT2D eigenvalue weighted by Crippen LogP contribution is -2.55. The molecule has 104 valence electrons. The van der Waals surface area contributed by atoms with E-state index in [1.54, 1.807) is 0 Å². The molecular formula is C11H20N2O5. The maximum absolute atomic E-state index is 11.8. The highest BCUT2D eigenvalue weighted by atomic mass is 16.5. The summed E-state index contributed by atoms with van der Waals surface area (Å²) in [5.74, 6) is -1.04. The maximum Gasteiger partial charge on any atom is 0.328 e. The van der Waals surface area contributed by atoms with Crippen LogP contribution < -0.4 is 5.32 Å². The zero-order chi connectivity index (χ0) is 13.4. The summed E-state index contributed by atoms with van der Waals surface area (Å²) < 4.78 is 10.2. The molecule has 1 aliphatic rings. The van der Waals surface area contributed by atoms with E-state index >= 15 is 0 Å². The van der Waals surface area contributed by atoms with Gasteiger partial charge in [0.2, 0.25) is 0 Å². The summed E-state index contributed by atoms with van der Waals surface area (Å²) in [6.07, 6.45) is 0.710. The van der Waals surface area contributed by atoms with Crippen LogP contribution in [0, 0.1) is 0 Å². The first kappa shape index (κ1) is 14.7. The fourth-order valence-corrected chi connectivity index (χ4v) is 1.67. The Balaban J connectivity index is 2.32. The highest BCUT2D eigenvalue weighted by Gasteiger charge is 2.32. The van der Waals surface area contributed by atoms with Crippen LogP contribution in [0.2, 0.25) is 0 Å². The number of carboxylic acid groups (broad SMARTS) is 1. The summed E-state index contributed by atoms with van der Waals surface area (Å²) in [4.78, 5) is 24.1. The molecule has 2 N–H and O–H groups in total. The Hall–Kier alpha value is -1.34.